The molecule has 2 aromatic rings. The van der Waals surface area contributed by atoms with Gasteiger partial charge in [0.05, 0.1) is 0 Å². The monoisotopic (exact) mass is 348 g/mol. The van der Waals surface area contributed by atoms with Gasteiger partial charge in [-0.2, -0.15) is 11.3 Å². The molecule has 0 radical (unpaired) electrons. The van der Waals surface area contributed by atoms with Gasteiger partial charge in [0.15, 0.2) is 0 Å². The Morgan fingerprint density at radius 1 is 1.09 bits per heavy atom. The van der Waals surface area contributed by atoms with Crippen LogP contribution in [0.1, 0.15) is 36.1 Å². The van der Waals surface area contributed by atoms with Crippen LogP contribution in [-0.4, -0.2) is 18.4 Å². The Morgan fingerprint density at radius 3 is 2.52 bits per heavy atom. The third kappa shape index (κ3) is 3.82. The zero-order valence-corrected chi connectivity index (χ0v) is 14.5. The summed E-state index contributed by atoms with van der Waals surface area (Å²) in [7, 11) is 0. The van der Waals surface area contributed by atoms with E-state index in [1.807, 2.05) is 16.8 Å². The van der Waals surface area contributed by atoms with E-state index in [2.05, 4.69) is 28.1 Å². The van der Waals surface area contributed by atoms with Gasteiger partial charge in [-0.3, -0.25) is 9.59 Å². The highest BCUT2D eigenvalue weighted by Gasteiger charge is 2.37. The molecule has 0 aromatic carbocycles. The third-order valence-electron chi connectivity index (χ3n) is 4.43. The third-order valence-corrected chi connectivity index (χ3v) is 6.28. The van der Waals surface area contributed by atoms with Crippen LogP contribution in [0.5, 0.6) is 0 Å². The van der Waals surface area contributed by atoms with Crippen molar-refractivity contribution in [3.63, 3.8) is 0 Å². The zero-order valence-electron chi connectivity index (χ0n) is 12.8. The maximum Gasteiger partial charge on any atom is 0.309 e. The molecule has 2 aromatic heterocycles. The van der Waals surface area contributed by atoms with Crippen molar-refractivity contribution in [3.8, 4) is 0 Å². The molecule has 1 fully saturated rings. The number of hydrogen-bond donors (Lipinski definition) is 2. The quantitative estimate of drug-likeness (QED) is 0.816. The summed E-state index contributed by atoms with van der Waals surface area (Å²) < 4.78 is 0. The number of carbonyl (C=O) groups excluding carboxylic acids is 2. The molecule has 1 aliphatic carbocycles. The van der Waals surface area contributed by atoms with Crippen LogP contribution >= 0.6 is 22.7 Å². The number of carbonyl (C=O) groups is 2. The highest BCUT2D eigenvalue weighted by atomic mass is 32.1. The van der Waals surface area contributed by atoms with Gasteiger partial charge in [-0.1, -0.05) is 18.9 Å². The molecule has 0 unspecified atom stereocenters. The van der Waals surface area contributed by atoms with Crippen LogP contribution in [0.25, 0.3) is 0 Å². The van der Waals surface area contributed by atoms with E-state index in [4.69, 9.17) is 0 Å². The summed E-state index contributed by atoms with van der Waals surface area (Å²) in [5.41, 5.74) is 1.03. The molecule has 0 saturated heterocycles. The van der Waals surface area contributed by atoms with Crippen LogP contribution in [0.2, 0.25) is 0 Å². The molecule has 6 heteroatoms. The highest BCUT2D eigenvalue weighted by Crippen LogP contribution is 2.42. The average molecular weight is 348 g/mol. The predicted molar refractivity (Wildman–Crippen MR) is 93.6 cm³/mol. The predicted octanol–water partition coefficient (Wildman–Crippen LogP) is 3.05. The standard InChI is InChI=1S/C17H20N2O2S2/c20-15(18-10-13-5-9-22-11-13)16(21)19-12-17(6-1-2-7-17)14-4-3-8-23-14/h3-5,8-9,11H,1-2,6-7,10,12H2,(H,18,20)(H,19,21). The fraction of sp³-hybridized carbons (Fsp3) is 0.412. The molecule has 0 atom stereocenters. The lowest BCUT2D eigenvalue weighted by atomic mass is 9.84. The van der Waals surface area contributed by atoms with Crippen LogP contribution in [0.3, 0.4) is 0 Å². The van der Waals surface area contributed by atoms with Crippen molar-refractivity contribution >= 4 is 34.5 Å². The van der Waals surface area contributed by atoms with Crippen LogP contribution in [-0.2, 0) is 21.5 Å². The lowest BCUT2D eigenvalue weighted by molar-refractivity contribution is -0.139. The average Bonchev–Trinajstić information content (AvgIpc) is 3.32. The molecule has 23 heavy (non-hydrogen) atoms. The normalized spacial score (nSPS) is 16.2. The first-order valence-corrected chi connectivity index (χ1v) is 9.63. The Hall–Kier alpha value is -1.66. The molecule has 3 rings (SSSR count). The highest BCUT2D eigenvalue weighted by molar-refractivity contribution is 7.10. The van der Waals surface area contributed by atoms with E-state index >= 15 is 0 Å². The van der Waals surface area contributed by atoms with Crippen LogP contribution < -0.4 is 10.6 Å². The lowest BCUT2D eigenvalue weighted by Gasteiger charge is -2.28. The van der Waals surface area contributed by atoms with E-state index in [0.717, 1.165) is 18.4 Å². The van der Waals surface area contributed by atoms with Gasteiger partial charge in [0.25, 0.3) is 0 Å². The van der Waals surface area contributed by atoms with E-state index in [9.17, 15) is 9.59 Å². The second kappa shape index (κ2) is 7.27. The smallest absolute Gasteiger partial charge is 0.309 e. The summed E-state index contributed by atoms with van der Waals surface area (Å²) in [6.07, 6.45) is 4.50. The van der Waals surface area contributed by atoms with Gasteiger partial charge in [-0.25, -0.2) is 0 Å². The second-order valence-corrected chi connectivity index (χ2v) is 7.69. The first-order chi connectivity index (χ1) is 11.2. The zero-order chi connectivity index (χ0) is 16.1. The maximum absolute atomic E-state index is 12.1. The van der Waals surface area contributed by atoms with Crippen molar-refractivity contribution in [3.05, 3.63) is 44.8 Å². The summed E-state index contributed by atoms with van der Waals surface area (Å²) in [6, 6.07) is 6.13. The van der Waals surface area contributed by atoms with Gasteiger partial charge in [0.1, 0.15) is 0 Å². The van der Waals surface area contributed by atoms with Gasteiger partial charge in [0, 0.05) is 23.4 Å². The minimum absolute atomic E-state index is 0.0114. The fourth-order valence-corrected chi connectivity index (χ4v) is 4.78. The molecule has 2 N–H and O–H groups in total. The second-order valence-electron chi connectivity index (χ2n) is 5.96. The number of hydrogen-bond acceptors (Lipinski definition) is 4. The summed E-state index contributed by atoms with van der Waals surface area (Å²) in [5, 5.41) is 11.5. The molecular formula is C17H20N2O2S2. The Labute approximate surface area is 143 Å². The fourth-order valence-electron chi connectivity index (χ4n) is 3.13. The van der Waals surface area contributed by atoms with Gasteiger partial charge in [-0.15, -0.1) is 11.3 Å². The first kappa shape index (κ1) is 16.2. The van der Waals surface area contributed by atoms with Crippen molar-refractivity contribution in [1.82, 2.24) is 10.6 Å². The molecule has 0 spiro atoms. The number of amides is 2. The molecule has 0 aliphatic heterocycles. The summed E-state index contributed by atoms with van der Waals surface area (Å²) in [6.45, 7) is 0.935. The molecular weight excluding hydrogens is 328 g/mol. The summed E-state index contributed by atoms with van der Waals surface area (Å²) in [5.74, 6) is -1.10. The van der Waals surface area contributed by atoms with Crippen molar-refractivity contribution in [2.75, 3.05) is 6.54 Å². The van der Waals surface area contributed by atoms with Gasteiger partial charge in [-0.05, 0) is 46.7 Å². The molecule has 1 saturated carbocycles. The minimum Gasteiger partial charge on any atom is -0.347 e. The van der Waals surface area contributed by atoms with Gasteiger partial charge >= 0.3 is 11.8 Å². The number of nitrogens with one attached hydrogen (secondary N) is 2. The number of thiophene rings is 2. The first-order valence-electron chi connectivity index (χ1n) is 7.81. The van der Waals surface area contributed by atoms with E-state index in [1.54, 1.807) is 22.7 Å². The topological polar surface area (TPSA) is 58.2 Å². The molecule has 122 valence electrons. The van der Waals surface area contributed by atoms with Crippen LogP contribution in [0.4, 0.5) is 0 Å². The minimum atomic E-state index is -0.560. The molecule has 2 amide bonds. The van der Waals surface area contributed by atoms with E-state index in [1.165, 1.54) is 17.7 Å². The van der Waals surface area contributed by atoms with E-state index in [-0.39, 0.29) is 5.41 Å². The lowest BCUT2D eigenvalue weighted by Crippen LogP contribution is -2.45. The Kier molecular flexibility index (Phi) is 5.13. The van der Waals surface area contributed by atoms with Crippen LogP contribution in [0.15, 0.2) is 34.3 Å². The Balaban J connectivity index is 1.54. The van der Waals surface area contributed by atoms with Crippen molar-refractivity contribution in [2.45, 2.75) is 37.6 Å². The SMILES string of the molecule is O=C(NCc1ccsc1)C(=O)NCC1(c2cccs2)CCCC1. The summed E-state index contributed by atoms with van der Waals surface area (Å²) >= 11 is 3.31. The van der Waals surface area contributed by atoms with E-state index < -0.39 is 11.8 Å². The van der Waals surface area contributed by atoms with Crippen molar-refractivity contribution < 1.29 is 9.59 Å². The van der Waals surface area contributed by atoms with Gasteiger partial charge < -0.3 is 10.6 Å². The Bertz CT molecular complexity index is 644. The van der Waals surface area contributed by atoms with Crippen LogP contribution in [0, 0.1) is 0 Å². The number of rotatable bonds is 5. The molecule has 4 nitrogen and oxygen atoms in total. The van der Waals surface area contributed by atoms with Crippen molar-refractivity contribution in [1.29, 1.82) is 0 Å². The largest absolute Gasteiger partial charge is 0.347 e. The van der Waals surface area contributed by atoms with Crippen molar-refractivity contribution in [2.24, 2.45) is 0 Å². The maximum atomic E-state index is 12.1. The molecule has 1 aliphatic rings. The summed E-state index contributed by atoms with van der Waals surface area (Å²) in [4.78, 5) is 25.3. The Morgan fingerprint density at radius 2 is 1.87 bits per heavy atom. The molecule has 0 bridgehead atoms. The van der Waals surface area contributed by atoms with E-state index in [0.29, 0.717) is 13.1 Å². The molecule has 2 heterocycles. The van der Waals surface area contributed by atoms with Gasteiger partial charge in [0.2, 0.25) is 0 Å².